The van der Waals surface area contributed by atoms with E-state index in [1.165, 1.54) is 0 Å². The minimum absolute atomic E-state index is 0.200. The summed E-state index contributed by atoms with van der Waals surface area (Å²) in [6, 6.07) is 7.50. The monoisotopic (exact) mass is 340 g/mol. The molecule has 0 radical (unpaired) electrons. The van der Waals surface area contributed by atoms with Crippen LogP contribution in [0.25, 0.3) is 11.0 Å². The van der Waals surface area contributed by atoms with E-state index in [-0.39, 0.29) is 12.1 Å². The third kappa shape index (κ3) is 3.52. The van der Waals surface area contributed by atoms with Gasteiger partial charge in [0, 0.05) is 30.2 Å². The number of nitrogens with one attached hydrogen (secondary N) is 2. The number of para-hydroxylation sites is 1. The van der Waals surface area contributed by atoms with Gasteiger partial charge in [-0.25, -0.2) is 4.79 Å². The van der Waals surface area contributed by atoms with Crippen LogP contribution in [0.5, 0.6) is 0 Å². The average molecular weight is 340 g/mol. The molecule has 0 aliphatic heterocycles. The molecule has 0 unspecified atom stereocenters. The van der Waals surface area contributed by atoms with Crippen LogP contribution >= 0.6 is 0 Å². The highest BCUT2D eigenvalue weighted by Crippen LogP contribution is 2.28. The molecule has 3 rings (SSSR count). The van der Waals surface area contributed by atoms with Gasteiger partial charge in [-0.1, -0.05) is 18.2 Å². The van der Waals surface area contributed by atoms with Crippen LogP contribution in [-0.4, -0.2) is 22.4 Å². The molecule has 132 valence electrons. The largest absolute Gasteiger partial charge is 0.459 e. The Hall–Kier alpha value is -2.76. The SMILES string of the molecule is Cc1c([C@H](C)NC(=O)NCCc2cnn(C)c2C)oc2ccccc12. The number of fused-ring (bicyclic) bond motifs is 1. The van der Waals surface area contributed by atoms with Gasteiger partial charge in [0.2, 0.25) is 0 Å². The summed E-state index contributed by atoms with van der Waals surface area (Å²) >= 11 is 0. The van der Waals surface area contributed by atoms with E-state index in [2.05, 4.69) is 15.7 Å². The van der Waals surface area contributed by atoms with Crippen molar-refractivity contribution in [1.82, 2.24) is 20.4 Å². The lowest BCUT2D eigenvalue weighted by atomic mass is 10.1. The van der Waals surface area contributed by atoms with Gasteiger partial charge < -0.3 is 15.1 Å². The Bertz CT molecular complexity index is 894. The average Bonchev–Trinajstić information content (AvgIpc) is 3.09. The van der Waals surface area contributed by atoms with E-state index in [0.29, 0.717) is 6.54 Å². The Kier molecular flexibility index (Phi) is 4.79. The number of furan rings is 1. The predicted molar refractivity (Wildman–Crippen MR) is 97.5 cm³/mol. The summed E-state index contributed by atoms with van der Waals surface area (Å²) in [6.07, 6.45) is 2.60. The molecule has 1 atom stereocenters. The lowest BCUT2D eigenvalue weighted by Crippen LogP contribution is -2.38. The molecule has 0 aliphatic rings. The van der Waals surface area contributed by atoms with Crippen LogP contribution in [0.3, 0.4) is 0 Å². The van der Waals surface area contributed by atoms with Crippen molar-refractivity contribution >= 4 is 17.0 Å². The van der Waals surface area contributed by atoms with Gasteiger partial charge in [0.25, 0.3) is 0 Å². The van der Waals surface area contributed by atoms with Crippen LogP contribution in [-0.2, 0) is 13.5 Å². The minimum atomic E-state index is -0.201. The molecule has 0 saturated carbocycles. The molecular weight excluding hydrogens is 316 g/mol. The summed E-state index contributed by atoms with van der Waals surface area (Å²) in [5.74, 6) is 0.791. The van der Waals surface area contributed by atoms with Gasteiger partial charge in [-0.3, -0.25) is 4.68 Å². The van der Waals surface area contributed by atoms with E-state index in [9.17, 15) is 4.79 Å². The van der Waals surface area contributed by atoms with Gasteiger partial charge in [-0.2, -0.15) is 5.10 Å². The molecule has 0 bridgehead atoms. The van der Waals surface area contributed by atoms with Crippen LogP contribution < -0.4 is 10.6 Å². The number of rotatable bonds is 5. The molecule has 6 heteroatoms. The quantitative estimate of drug-likeness (QED) is 0.748. The minimum Gasteiger partial charge on any atom is -0.459 e. The van der Waals surface area contributed by atoms with Gasteiger partial charge in [0.05, 0.1) is 12.2 Å². The fraction of sp³-hybridized carbons (Fsp3) is 0.368. The molecule has 2 N–H and O–H groups in total. The zero-order chi connectivity index (χ0) is 18.0. The number of hydrogen-bond donors (Lipinski definition) is 2. The third-order valence-electron chi connectivity index (χ3n) is 4.64. The first kappa shape index (κ1) is 17.1. The standard InChI is InChI=1S/C19H24N4O2/c1-12-16-7-5-6-8-17(16)25-18(12)13(2)22-19(24)20-10-9-15-11-21-23(4)14(15)3/h5-8,11,13H,9-10H2,1-4H3,(H2,20,22,24)/t13-/m0/s1. The number of nitrogens with zero attached hydrogens (tertiary/aromatic N) is 2. The van der Waals surface area contributed by atoms with Crippen molar-refractivity contribution in [2.24, 2.45) is 7.05 Å². The Morgan fingerprint density at radius 3 is 2.76 bits per heavy atom. The maximum Gasteiger partial charge on any atom is 0.315 e. The summed E-state index contributed by atoms with van der Waals surface area (Å²) in [5.41, 5.74) is 4.17. The molecule has 0 fully saturated rings. The van der Waals surface area contributed by atoms with Crippen molar-refractivity contribution in [3.63, 3.8) is 0 Å². The lowest BCUT2D eigenvalue weighted by Gasteiger charge is -2.13. The van der Waals surface area contributed by atoms with Crippen molar-refractivity contribution in [3.05, 3.63) is 53.0 Å². The number of urea groups is 1. The summed E-state index contributed by atoms with van der Waals surface area (Å²) in [5, 5.41) is 11.1. The Morgan fingerprint density at radius 1 is 1.32 bits per heavy atom. The van der Waals surface area contributed by atoms with Crippen molar-refractivity contribution < 1.29 is 9.21 Å². The van der Waals surface area contributed by atoms with E-state index < -0.39 is 0 Å². The molecule has 0 saturated heterocycles. The zero-order valence-electron chi connectivity index (χ0n) is 15.1. The predicted octanol–water partition coefficient (Wildman–Crippen LogP) is 3.39. The number of hydrogen-bond acceptors (Lipinski definition) is 3. The van der Waals surface area contributed by atoms with Crippen molar-refractivity contribution in [1.29, 1.82) is 0 Å². The van der Waals surface area contributed by atoms with Crippen molar-refractivity contribution in [3.8, 4) is 0 Å². The maximum absolute atomic E-state index is 12.1. The number of amides is 2. The molecular formula is C19H24N4O2. The molecule has 3 aromatic rings. The molecule has 2 amide bonds. The second-order valence-corrected chi connectivity index (χ2v) is 6.34. The topological polar surface area (TPSA) is 72.1 Å². The van der Waals surface area contributed by atoms with E-state index >= 15 is 0 Å². The van der Waals surface area contributed by atoms with Gasteiger partial charge in [0.1, 0.15) is 11.3 Å². The Labute approximate surface area is 147 Å². The number of aryl methyl sites for hydroxylation is 2. The van der Waals surface area contributed by atoms with Gasteiger partial charge in [-0.15, -0.1) is 0 Å². The number of carbonyl (C=O) groups is 1. The number of carbonyl (C=O) groups excluding carboxylic acids is 1. The highest BCUT2D eigenvalue weighted by molar-refractivity contribution is 5.82. The van der Waals surface area contributed by atoms with Crippen molar-refractivity contribution in [2.45, 2.75) is 33.2 Å². The third-order valence-corrected chi connectivity index (χ3v) is 4.64. The van der Waals surface area contributed by atoms with E-state index in [1.807, 2.05) is 63.0 Å². The second-order valence-electron chi connectivity index (χ2n) is 6.34. The molecule has 2 aromatic heterocycles. The summed E-state index contributed by atoms with van der Waals surface area (Å²) in [7, 11) is 1.91. The smallest absolute Gasteiger partial charge is 0.315 e. The molecule has 1 aromatic carbocycles. The maximum atomic E-state index is 12.1. The number of aromatic nitrogens is 2. The first-order chi connectivity index (χ1) is 12.0. The van der Waals surface area contributed by atoms with Crippen LogP contribution in [0.1, 0.15) is 35.5 Å². The molecule has 0 spiro atoms. The molecule has 0 aliphatic carbocycles. The van der Waals surface area contributed by atoms with Gasteiger partial charge >= 0.3 is 6.03 Å². The van der Waals surface area contributed by atoms with Crippen LogP contribution in [0.2, 0.25) is 0 Å². The summed E-state index contributed by atoms with van der Waals surface area (Å²) in [4.78, 5) is 12.1. The first-order valence-electron chi connectivity index (χ1n) is 8.47. The molecule has 2 heterocycles. The van der Waals surface area contributed by atoms with Crippen LogP contribution in [0.4, 0.5) is 4.79 Å². The lowest BCUT2D eigenvalue weighted by molar-refractivity contribution is 0.236. The normalized spacial score (nSPS) is 12.3. The van der Waals surface area contributed by atoms with E-state index in [1.54, 1.807) is 0 Å². The van der Waals surface area contributed by atoms with Gasteiger partial charge in [-0.05, 0) is 38.8 Å². The zero-order valence-corrected chi connectivity index (χ0v) is 15.1. The summed E-state index contributed by atoms with van der Waals surface area (Å²) in [6.45, 7) is 6.52. The first-order valence-corrected chi connectivity index (χ1v) is 8.47. The second kappa shape index (κ2) is 7.01. The Morgan fingerprint density at radius 2 is 2.08 bits per heavy atom. The summed E-state index contributed by atoms with van der Waals surface area (Å²) < 4.78 is 7.74. The van der Waals surface area contributed by atoms with E-state index in [0.717, 1.165) is 40.0 Å². The fourth-order valence-electron chi connectivity index (χ4n) is 3.02. The van der Waals surface area contributed by atoms with Crippen molar-refractivity contribution in [2.75, 3.05) is 6.54 Å². The van der Waals surface area contributed by atoms with Gasteiger partial charge in [0.15, 0.2) is 0 Å². The van der Waals surface area contributed by atoms with E-state index in [4.69, 9.17) is 4.42 Å². The molecule has 25 heavy (non-hydrogen) atoms. The fourth-order valence-corrected chi connectivity index (χ4v) is 3.02. The van der Waals surface area contributed by atoms with Crippen LogP contribution in [0.15, 0.2) is 34.9 Å². The number of benzene rings is 1. The molecule has 6 nitrogen and oxygen atoms in total. The van der Waals surface area contributed by atoms with Crippen LogP contribution in [0, 0.1) is 13.8 Å². The highest BCUT2D eigenvalue weighted by Gasteiger charge is 2.18. The highest BCUT2D eigenvalue weighted by atomic mass is 16.3. The Balaban J connectivity index is 1.56.